The van der Waals surface area contributed by atoms with Crippen LogP contribution in [0.3, 0.4) is 0 Å². The third-order valence-electron chi connectivity index (χ3n) is 6.05. The van der Waals surface area contributed by atoms with E-state index in [0.29, 0.717) is 40.0 Å². The fraction of sp³-hybridized carbons (Fsp3) is 0.348. The number of anilines is 1. The van der Waals surface area contributed by atoms with Crippen LogP contribution in [-0.4, -0.2) is 26.7 Å². The van der Waals surface area contributed by atoms with Crippen molar-refractivity contribution in [1.29, 1.82) is 0 Å². The van der Waals surface area contributed by atoms with Crippen molar-refractivity contribution in [3.05, 3.63) is 59.2 Å². The Morgan fingerprint density at radius 3 is 2.61 bits per heavy atom. The lowest BCUT2D eigenvalue weighted by Crippen LogP contribution is -2.28. The van der Waals surface area contributed by atoms with Gasteiger partial charge in [0.2, 0.25) is 5.95 Å². The van der Waals surface area contributed by atoms with Gasteiger partial charge in [-0.15, -0.1) is 5.10 Å². The van der Waals surface area contributed by atoms with Crippen LogP contribution in [0.15, 0.2) is 36.4 Å². The van der Waals surface area contributed by atoms with E-state index in [0.717, 1.165) is 18.4 Å². The van der Waals surface area contributed by atoms with E-state index in [-0.39, 0.29) is 11.5 Å². The van der Waals surface area contributed by atoms with Crippen molar-refractivity contribution in [2.45, 2.75) is 38.1 Å². The molecule has 0 aliphatic heterocycles. The molecule has 0 spiro atoms. The van der Waals surface area contributed by atoms with Gasteiger partial charge in [0.05, 0.1) is 12.5 Å². The molecule has 8 heteroatoms. The second-order valence-corrected chi connectivity index (χ2v) is 8.89. The van der Waals surface area contributed by atoms with Crippen molar-refractivity contribution in [2.24, 2.45) is 11.7 Å². The van der Waals surface area contributed by atoms with Crippen molar-refractivity contribution >= 4 is 22.5 Å². The Morgan fingerprint density at radius 2 is 1.94 bits per heavy atom. The zero-order valence-corrected chi connectivity index (χ0v) is 17.8. The van der Waals surface area contributed by atoms with Gasteiger partial charge in [-0.2, -0.15) is 4.52 Å². The van der Waals surface area contributed by atoms with Crippen LogP contribution in [0.1, 0.15) is 43.1 Å². The summed E-state index contributed by atoms with van der Waals surface area (Å²) in [4.78, 5) is 9.02. The van der Waals surface area contributed by atoms with Crippen LogP contribution in [0, 0.1) is 11.7 Å². The number of benzene rings is 2. The molecule has 4 N–H and O–H groups in total. The number of methoxy groups -OCH3 is 1. The summed E-state index contributed by atoms with van der Waals surface area (Å²) >= 11 is 0. The van der Waals surface area contributed by atoms with E-state index >= 15 is 0 Å². The van der Waals surface area contributed by atoms with Crippen molar-refractivity contribution in [1.82, 2.24) is 19.6 Å². The zero-order valence-electron chi connectivity index (χ0n) is 17.8. The molecular weight excluding hydrogens is 395 g/mol. The summed E-state index contributed by atoms with van der Waals surface area (Å²) in [5, 5.41) is 5.07. The topological polar surface area (TPSA) is 104 Å². The normalized spacial score (nSPS) is 18.6. The van der Waals surface area contributed by atoms with E-state index in [9.17, 15) is 4.39 Å². The second kappa shape index (κ2) is 6.88. The molecule has 0 radical (unpaired) electrons. The molecule has 1 aliphatic carbocycles. The first kappa shape index (κ1) is 19.7. The fourth-order valence-corrected chi connectivity index (χ4v) is 4.23. The van der Waals surface area contributed by atoms with Gasteiger partial charge in [0.1, 0.15) is 17.1 Å². The molecule has 0 bridgehead atoms. The minimum absolute atomic E-state index is 0.193. The Hall–Kier alpha value is -3.26. The lowest BCUT2D eigenvalue weighted by atomic mass is 9.94. The number of nitrogen functional groups attached to an aromatic ring is 1. The third-order valence-corrected chi connectivity index (χ3v) is 6.05. The van der Waals surface area contributed by atoms with Gasteiger partial charge in [-0.1, -0.05) is 24.3 Å². The molecule has 4 aromatic rings. The summed E-state index contributed by atoms with van der Waals surface area (Å²) < 4.78 is 20.8. The van der Waals surface area contributed by atoms with Gasteiger partial charge < -0.3 is 16.2 Å². The van der Waals surface area contributed by atoms with Crippen LogP contribution >= 0.6 is 0 Å². The number of hydrogen-bond acceptors (Lipinski definition) is 6. The van der Waals surface area contributed by atoms with E-state index < -0.39 is 5.82 Å². The lowest BCUT2D eigenvalue weighted by molar-refractivity contribution is 0.415. The van der Waals surface area contributed by atoms with Crippen molar-refractivity contribution in [3.8, 4) is 5.75 Å². The first-order valence-corrected chi connectivity index (χ1v) is 10.3. The Balaban J connectivity index is 1.42. The minimum atomic E-state index is -0.422. The summed E-state index contributed by atoms with van der Waals surface area (Å²) in [6.07, 6.45) is 1.81. The van der Waals surface area contributed by atoms with Crippen LogP contribution in [0.2, 0.25) is 0 Å². The van der Waals surface area contributed by atoms with Crippen molar-refractivity contribution in [2.75, 3.05) is 12.8 Å². The molecule has 2 aromatic carbocycles. The quantitative estimate of drug-likeness (QED) is 0.512. The Kier molecular flexibility index (Phi) is 4.37. The summed E-state index contributed by atoms with van der Waals surface area (Å²) in [6.45, 7) is 4.01. The van der Waals surface area contributed by atoms with Crippen molar-refractivity contribution < 1.29 is 9.13 Å². The van der Waals surface area contributed by atoms with Gasteiger partial charge in [-0.3, -0.25) is 0 Å². The maximum Gasteiger partial charge on any atom is 0.223 e. The van der Waals surface area contributed by atoms with Gasteiger partial charge in [-0.05, 0) is 49.3 Å². The average Bonchev–Trinajstić information content (AvgIpc) is 3.35. The molecule has 31 heavy (non-hydrogen) atoms. The maximum atomic E-state index is 14.1. The molecule has 0 amide bonds. The number of rotatable bonds is 5. The average molecular weight is 420 g/mol. The molecule has 5 rings (SSSR count). The molecular formula is C23H25FN6O. The molecule has 7 nitrogen and oxygen atoms in total. The van der Waals surface area contributed by atoms with E-state index in [1.54, 1.807) is 0 Å². The molecule has 1 saturated carbocycles. The standard InChI is InChI=1S/C23H25FN6O/c1-23(2,26)14-6-4-12(5-7-14)16-8-13(16)9-19-27-21-17-10-15(24)11-18(31-3)20(17)28-22(25)30(21)29-19/h4-7,10-11,13,16H,8-9,26H2,1-3H3,(H2,25,28). The number of fused-ring (bicyclic) bond motifs is 3. The van der Waals surface area contributed by atoms with E-state index in [2.05, 4.69) is 39.3 Å². The van der Waals surface area contributed by atoms with Crippen LogP contribution in [0.5, 0.6) is 5.75 Å². The zero-order chi connectivity index (χ0) is 21.9. The highest BCUT2D eigenvalue weighted by atomic mass is 19.1. The molecule has 2 heterocycles. The molecule has 1 aliphatic rings. The summed E-state index contributed by atoms with van der Waals surface area (Å²) in [5.41, 5.74) is 15.3. The smallest absolute Gasteiger partial charge is 0.223 e. The lowest BCUT2D eigenvalue weighted by Gasteiger charge is -2.19. The molecule has 0 saturated heterocycles. The van der Waals surface area contributed by atoms with E-state index in [1.807, 2.05) is 13.8 Å². The minimum Gasteiger partial charge on any atom is -0.494 e. The second-order valence-electron chi connectivity index (χ2n) is 8.89. The monoisotopic (exact) mass is 420 g/mol. The van der Waals surface area contributed by atoms with Crippen LogP contribution in [0.4, 0.5) is 10.3 Å². The first-order valence-electron chi connectivity index (χ1n) is 10.3. The molecule has 2 unspecified atom stereocenters. The maximum absolute atomic E-state index is 14.1. The first-order chi connectivity index (χ1) is 14.7. The van der Waals surface area contributed by atoms with E-state index in [4.69, 9.17) is 16.2 Å². The molecule has 2 atom stereocenters. The summed E-state index contributed by atoms with van der Waals surface area (Å²) in [6, 6.07) is 11.2. The van der Waals surface area contributed by atoms with Gasteiger partial charge >= 0.3 is 0 Å². The highest BCUT2D eigenvalue weighted by Crippen LogP contribution is 2.49. The molecule has 1 fully saturated rings. The molecule has 2 aromatic heterocycles. The van der Waals surface area contributed by atoms with E-state index in [1.165, 1.54) is 29.3 Å². The molecule has 160 valence electrons. The van der Waals surface area contributed by atoms with Crippen LogP contribution in [0.25, 0.3) is 16.6 Å². The number of ether oxygens (including phenoxy) is 1. The van der Waals surface area contributed by atoms with Gasteiger partial charge in [0.25, 0.3) is 0 Å². The SMILES string of the molecule is COc1cc(F)cc2c1nc(N)n1nc(CC3CC3c3ccc(C(C)(C)N)cc3)nc21. The highest BCUT2D eigenvalue weighted by Gasteiger charge is 2.39. The highest BCUT2D eigenvalue weighted by molar-refractivity contribution is 5.95. The Labute approximate surface area is 179 Å². The third kappa shape index (κ3) is 3.46. The summed E-state index contributed by atoms with van der Waals surface area (Å²) in [5.74, 6) is 1.70. The number of hydrogen-bond donors (Lipinski definition) is 2. The number of nitrogens with zero attached hydrogens (tertiary/aromatic N) is 4. The van der Waals surface area contributed by atoms with Crippen LogP contribution in [-0.2, 0) is 12.0 Å². The number of aromatic nitrogens is 4. The fourth-order valence-electron chi connectivity index (χ4n) is 4.23. The predicted octanol–water partition coefficient (Wildman–Crippen LogP) is 3.55. The number of halogens is 1. The predicted molar refractivity (Wildman–Crippen MR) is 117 cm³/mol. The Morgan fingerprint density at radius 1 is 1.19 bits per heavy atom. The number of nitrogens with two attached hydrogens (primary N) is 2. The largest absolute Gasteiger partial charge is 0.494 e. The van der Waals surface area contributed by atoms with Crippen LogP contribution < -0.4 is 16.2 Å². The summed E-state index contributed by atoms with van der Waals surface area (Å²) in [7, 11) is 1.47. The van der Waals surface area contributed by atoms with Gasteiger partial charge in [0, 0.05) is 18.0 Å². The van der Waals surface area contributed by atoms with Gasteiger partial charge in [-0.25, -0.2) is 14.4 Å². The van der Waals surface area contributed by atoms with Crippen molar-refractivity contribution in [3.63, 3.8) is 0 Å². The van der Waals surface area contributed by atoms with Gasteiger partial charge in [0.15, 0.2) is 11.5 Å². The Bertz CT molecular complexity index is 1290.